The number of pyridine rings is 1. The lowest BCUT2D eigenvalue weighted by Crippen LogP contribution is -2.23. The van der Waals surface area contributed by atoms with Crippen molar-refractivity contribution in [2.75, 3.05) is 13.9 Å². The van der Waals surface area contributed by atoms with E-state index in [4.69, 9.17) is 19.2 Å². The van der Waals surface area contributed by atoms with Crippen LogP contribution in [0.5, 0.6) is 17.2 Å². The van der Waals surface area contributed by atoms with Crippen LogP contribution in [0.4, 0.5) is 0 Å². The summed E-state index contributed by atoms with van der Waals surface area (Å²) in [7, 11) is 3.42. The van der Waals surface area contributed by atoms with E-state index >= 15 is 0 Å². The van der Waals surface area contributed by atoms with Crippen LogP contribution in [0.2, 0.25) is 0 Å². The van der Waals surface area contributed by atoms with Crippen molar-refractivity contribution < 1.29 is 19.0 Å². The third kappa shape index (κ3) is 3.52. The van der Waals surface area contributed by atoms with Crippen molar-refractivity contribution in [3.05, 3.63) is 65.9 Å². The van der Waals surface area contributed by atoms with E-state index in [-0.39, 0.29) is 12.7 Å². The quantitative estimate of drug-likeness (QED) is 0.537. The molecule has 0 fully saturated rings. The van der Waals surface area contributed by atoms with Crippen molar-refractivity contribution in [2.24, 2.45) is 7.05 Å². The van der Waals surface area contributed by atoms with Gasteiger partial charge in [-0.25, -0.2) is 4.98 Å². The highest BCUT2D eigenvalue weighted by Crippen LogP contribution is 2.32. The zero-order valence-electron chi connectivity index (χ0n) is 17.1. The number of carbonyl (C=O) groups is 1. The molecule has 2 aromatic heterocycles. The number of hydrogen-bond acceptors (Lipinski definition) is 6. The second-order valence-corrected chi connectivity index (χ2v) is 7.16. The average Bonchev–Trinajstić information content (AvgIpc) is 3.43. The number of hydrogen-bond donors (Lipinski definition) is 1. The Morgan fingerprint density at radius 2 is 2.03 bits per heavy atom. The Hall–Kier alpha value is -4.07. The maximum Gasteiger partial charge on any atom is 0.252 e. The van der Waals surface area contributed by atoms with Gasteiger partial charge < -0.3 is 19.5 Å². The summed E-state index contributed by atoms with van der Waals surface area (Å²) in [5.74, 6) is 1.91. The molecular formula is C23H20N4O4. The summed E-state index contributed by atoms with van der Waals surface area (Å²) < 4.78 is 17.7. The maximum absolute atomic E-state index is 13.1. The number of aromatic nitrogens is 3. The molecule has 3 heterocycles. The zero-order chi connectivity index (χ0) is 21.4. The molecule has 1 amide bonds. The fourth-order valence-electron chi connectivity index (χ4n) is 3.56. The van der Waals surface area contributed by atoms with Crippen molar-refractivity contribution in [2.45, 2.75) is 6.54 Å². The van der Waals surface area contributed by atoms with E-state index in [2.05, 4.69) is 10.4 Å². The molecule has 2 aromatic carbocycles. The van der Waals surface area contributed by atoms with Gasteiger partial charge in [-0.05, 0) is 35.9 Å². The number of fused-ring (bicyclic) bond motifs is 2. The van der Waals surface area contributed by atoms with Crippen LogP contribution >= 0.6 is 0 Å². The van der Waals surface area contributed by atoms with E-state index in [1.165, 1.54) is 0 Å². The minimum atomic E-state index is -0.206. The average molecular weight is 416 g/mol. The summed E-state index contributed by atoms with van der Waals surface area (Å²) in [6, 6.07) is 15.0. The molecule has 8 nitrogen and oxygen atoms in total. The molecule has 0 aliphatic carbocycles. The summed E-state index contributed by atoms with van der Waals surface area (Å²) in [5.41, 5.74) is 3.59. The Morgan fingerprint density at radius 3 is 2.90 bits per heavy atom. The molecule has 0 saturated heterocycles. The summed E-state index contributed by atoms with van der Waals surface area (Å²) >= 11 is 0. The first-order chi connectivity index (χ1) is 15.1. The van der Waals surface area contributed by atoms with Crippen LogP contribution in [0.15, 0.2) is 54.7 Å². The van der Waals surface area contributed by atoms with Crippen molar-refractivity contribution >= 4 is 16.9 Å². The van der Waals surface area contributed by atoms with Gasteiger partial charge in [0.05, 0.1) is 30.0 Å². The number of benzene rings is 2. The van der Waals surface area contributed by atoms with Crippen molar-refractivity contribution in [1.82, 2.24) is 20.1 Å². The molecular weight excluding hydrogens is 396 g/mol. The normalized spacial score (nSPS) is 12.2. The van der Waals surface area contributed by atoms with Crippen molar-refractivity contribution in [3.63, 3.8) is 0 Å². The molecule has 0 saturated carbocycles. The minimum Gasteiger partial charge on any atom is -0.497 e. The first-order valence-corrected chi connectivity index (χ1v) is 9.76. The highest BCUT2D eigenvalue weighted by atomic mass is 16.7. The smallest absolute Gasteiger partial charge is 0.252 e. The highest BCUT2D eigenvalue weighted by molar-refractivity contribution is 6.06. The van der Waals surface area contributed by atoms with Gasteiger partial charge in [0.2, 0.25) is 6.79 Å². The number of nitrogens with one attached hydrogen (secondary N) is 1. The van der Waals surface area contributed by atoms with Crippen LogP contribution in [0.25, 0.3) is 22.3 Å². The van der Waals surface area contributed by atoms with Gasteiger partial charge in [0, 0.05) is 19.2 Å². The third-order valence-corrected chi connectivity index (χ3v) is 5.21. The van der Waals surface area contributed by atoms with Crippen LogP contribution in [-0.2, 0) is 13.6 Å². The molecule has 1 N–H and O–H groups in total. The maximum atomic E-state index is 13.1. The number of rotatable bonds is 5. The minimum absolute atomic E-state index is 0.206. The lowest BCUT2D eigenvalue weighted by atomic mass is 10.1. The van der Waals surface area contributed by atoms with Gasteiger partial charge in [-0.3, -0.25) is 9.48 Å². The summed E-state index contributed by atoms with van der Waals surface area (Å²) in [4.78, 5) is 17.8. The standard InChI is InChI=1S/C23H20N4O4/c1-27-22-18(12-25-27)17(10-19(26-22)15-4-3-5-16(9-15)29-2)23(28)24-11-14-6-7-20-21(8-14)31-13-30-20/h3-10,12H,11,13H2,1-2H3,(H,24,28). The van der Waals surface area contributed by atoms with Crippen molar-refractivity contribution in [3.8, 4) is 28.5 Å². The fourth-order valence-corrected chi connectivity index (χ4v) is 3.56. The van der Waals surface area contributed by atoms with Gasteiger partial charge in [-0.1, -0.05) is 18.2 Å². The molecule has 5 rings (SSSR count). The van der Waals surface area contributed by atoms with Crippen molar-refractivity contribution in [1.29, 1.82) is 0 Å². The van der Waals surface area contributed by atoms with Gasteiger partial charge in [0.1, 0.15) is 5.75 Å². The number of nitrogens with zero attached hydrogens (tertiary/aromatic N) is 3. The Bertz CT molecular complexity index is 1300. The zero-order valence-corrected chi connectivity index (χ0v) is 17.1. The van der Waals surface area contributed by atoms with E-state index in [1.807, 2.05) is 42.5 Å². The predicted octanol–water partition coefficient (Wildman–Crippen LogP) is 3.30. The van der Waals surface area contributed by atoms with Crippen LogP contribution in [0, 0.1) is 0 Å². The van der Waals surface area contributed by atoms with E-state index < -0.39 is 0 Å². The molecule has 1 aliphatic rings. The van der Waals surface area contributed by atoms with Crippen LogP contribution < -0.4 is 19.5 Å². The van der Waals surface area contributed by atoms with Gasteiger partial charge in [0.25, 0.3) is 5.91 Å². The molecule has 156 valence electrons. The molecule has 4 aromatic rings. The number of amides is 1. The Morgan fingerprint density at radius 1 is 1.16 bits per heavy atom. The van der Waals surface area contributed by atoms with Crippen LogP contribution in [0.3, 0.4) is 0 Å². The summed E-state index contributed by atoms with van der Waals surface area (Å²) in [6.07, 6.45) is 1.66. The first kappa shape index (κ1) is 18.9. The lowest BCUT2D eigenvalue weighted by Gasteiger charge is -2.10. The molecule has 0 atom stereocenters. The third-order valence-electron chi connectivity index (χ3n) is 5.21. The van der Waals surface area contributed by atoms with E-state index in [0.717, 1.165) is 16.9 Å². The Kier molecular flexibility index (Phi) is 4.66. The molecule has 31 heavy (non-hydrogen) atoms. The fraction of sp³-hybridized carbons (Fsp3) is 0.174. The van der Waals surface area contributed by atoms with E-state index in [0.29, 0.717) is 40.3 Å². The molecule has 1 aliphatic heterocycles. The lowest BCUT2D eigenvalue weighted by molar-refractivity contribution is 0.0952. The topological polar surface area (TPSA) is 87.5 Å². The predicted molar refractivity (Wildman–Crippen MR) is 114 cm³/mol. The first-order valence-electron chi connectivity index (χ1n) is 9.76. The monoisotopic (exact) mass is 416 g/mol. The molecule has 0 unspecified atom stereocenters. The highest BCUT2D eigenvalue weighted by Gasteiger charge is 2.18. The van der Waals surface area contributed by atoms with Gasteiger partial charge in [0.15, 0.2) is 17.1 Å². The van der Waals surface area contributed by atoms with Gasteiger partial charge in [-0.15, -0.1) is 0 Å². The Balaban J connectivity index is 1.47. The SMILES string of the molecule is COc1cccc(-c2cc(C(=O)NCc3ccc4c(c3)OCO4)c3cnn(C)c3n2)c1. The number of methoxy groups -OCH3 is 1. The number of ether oxygens (including phenoxy) is 3. The number of aryl methyl sites for hydroxylation is 1. The summed E-state index contributed by atoms with van der Waals surface area (Å²) in [5, 5.41) is 7.96. The largest absolute Gasteiger partial charge is 0.497 e. The van der Waals surface area contributed by atoms with Crippen LogP contribution in [-0.4, -0.2) is 34.6 Å². The van der Waals surface area contributed by atoms with Gasteiger partial charge >= 0.3 is 0 Å². The molecule has 0 bridgehead atoms. The summed E-state index contributed by atoms with van der Waals surface area (Å²) in [6.45, 7) is 0.572. The second-order valence-electron chi connectivity index (χ2n) is 7.16. The van der Waals surface area contributed by atoms with E-state index in [1.54, 1.807) is 31.1 Å². The molecule has 0 radical (unpaired) electrons. The molecule has 8 heteroatoms. The number of carbonyl (C=O) groups excluding carboxylic acids is 1. The Labute approximate surface area is 178 Å². The second kappa shape index (κ2) is 7.64. The van der Waals surface area contributed by atoms with E-state index in [9.17, 15) is 4.79 Å². The van der Waals surface area contributed by atoms with Crippen LogP contribution in [0.1, 0.15) is 15.9 Å². The van der Waals surface area contributed by atoms with Gasteiger partial charge in [-0.2, -0.15) is 5.10 Å². The molecule has 0 spiro atoms.